The van der Waals surface area contributed by atoms with Gasteiger partial charge in [0.2, 0.25) is 5.60 Å². The Morgan fingerprint density at radius 3 is 1.44 bits per heavy atom. The second kappa shape index (κ2) is 4.82. The first-order chi connectivity index (χ1) is 7.75. The zero-order valence-corrected chi connectivity index (χ0v) is 9.46. The van der Waals surface area contributed by atoms with Crippen molar-refractivity contribution in [3.05, 3.63) is 0 Å². The van der Waals surface area contributed by atoms with Gasteiger partial charge in [0.1, 0.15) is 0 Å². The van der Waals surface area contributed by atoms with Crippen molar-refractivity contribution < 1.29 is 40.2 Å². The molecule has 2 atom stereocenters. The fourth-order valence-corrected chi connectivity index (χ4v) is 1.69. The Hall–Kier alpha value is -0.600. The fourth-order valence-electron chi connectivity index (χ4n) is 1.69. The van der Waals surface area contributed by atoms with E-state index >= 15 is 0 Å². The van der Waals surface area contributed by atoms with Crippen LogP contribution >= 0.6 is 0 Å². The molecule has 9 heteroatoms. The van der Waals surface area contributed by atoms with E-state index in [-0.39, 0.29) is 0 Å². The molecule has 0 aliphatic carbocycles. The maximum absolute atomic E-state index is 13.2. The van der Waals surface area contributed by atoms with Gasteiger partial charge in [-0.1, -0.05) is 13.8 Å². The van der Waals surface area contributed by atoms with Crippen LogP contribution in [0.1, 0.15) is 26.7 Å². The largest absolute Gasteiger partial charge is 0.423 e. The van der Waals surface area contributed by atoms with Gasteiger partial charge in [-0.15, -0.1) is 0 Å². The summed E-state index contributed by atoms with van der Waals surface area (Å²) < 4.78 is 101. The van der Waals surface area contributed by atoms with Crippen molar-refractivity contribution in [3.8, 4) is 0 Å². The van der Waals surface area contributed by atoms with Crippen molar-refractivity contribution in [3.63, 3.8) is 0 Å². The summed E-state index contributed by atoms with van der Waals surface area (Å²) in [6.07, 6.45) is -14.6. The molecule has 0 saturated heterocycles. The Balaban J connectivity index is 5.93. The molecule has 1 N–H and O–H groups in total. The first-order valence-electron chi connectivity index (χ1n) is 4.99. The van der Waals surface area contributed by atoms with E-state index in [0.717, 1.165) is 0 Å². The quantitative estimate of drug-likeness (QED) is 0.777. The lowest BCUT2D eigenvalue weighted by atomic mass is 9.78. The van der Waals surface area contributed by atoms with Crippen molar-refractivity contribution in [1.82, 2.24) is 0 Å². The Morgan fingerprint density at radius 1 is 0.889 bits per heavy atom. The van der Waals surface area contributed by atoms with Crippen LogP contribution in [0, 0.1) is 5.92 Å². The lowest BCUT2D eigenvalue weighted by Gasteiger charge is -2.42. The molecule has 1 nitrogen and oxygen atoms in total. The molecular weight excluding hydrogens is 276 g/mol. The molecular formula is C9H12F8O. The SMILES string of the molecule is CCC(C(F)(F)F)C(O)(C(F)(F)F)C(F)(F)CC. The summed E-state index contributed by atoms with van der Waals surface area (Å²) >= 11 is 0. The lowest BCUT2D eigenvalue weighted by Crippen LogP contribution is -2.66. The fraction of sp³-hybridized carbons (Fsp3) is 1.00. The van der Waals surface area contributed by atoms with Crippen molar-refractivity contribution in [2.24, 2.45) is 5.92 Å². The third kappa shape index (κ3) is 2.70. The molecule has 0 aromatic carbocycles. The van der Waals surface area contributed by atoms with Gasteiger partial charge in [0.15, 0.2) is 0 Å². The minimum atomic E-state index is -6.09. The molecule has 0 aliphatic heterocycles. The molecule has 0 rings (SSSR count). The number of hydrogen-bond donors (Lipinski definition) is 1. The molecule has 0 spiro atoms. The van der Waals surface area contributed by atoms with Crippen molar-refractivity contribution in [2.75, 3.05) is 0 Å². The van der Waals surface area contributed by atoms with Gasteiger partial charge in [-0.05, 0) is 6.42 Å². The second-order valence-electron chi connectivity index (χ2n) is 3.82. The second-order valence-corrected chi connectivity index (χ2v) is 3.82. The third-order valence-corrected chi connectivity index (χ3v) is 2.74. The van der Waals surface area contributed by atoms with Crippen LogP contribution in [-0.4, -0.2) is 29.0 Å². The number of halogens is 8. The highest BCUT2D eigenvalue weighted by molar-refractivity contribution is 5.05. The molecule has 0 heterocycles. The molecule has 0 aromatic heterocycles. The van der Waals surface area contributed by atoms with Crippen LogP contribution in [0.4, 0.5) is 35.1 Å². The average Bonchev–Trinajstić information content (AvgIpc) is 2.14. The Labute approximate surface area is 97.8 Å². The van der Waals surface area contributed by atoms with Crippen LogP contribution in [0.3, 0.4) is 0 Å². The summed E-state index contributed by atoms with van der Waals surface area (Å²) in [5, 5.41) is 9.08. The van der Waals surface area contributed by atoms with Gasteiger partial charge in [-0.2, -0.15) is 26.3 Å². The molecule has 0 fully saturated rings. The summed E-state index contributed by atoms with van der Waals surface area (Å²) in [7, 11) is 0. The van der Waals surface area contributed by atoms with Crippen molar-refractivity contribution in [1.29, 1.82) is 0 Å². The van der Waals surface area contributed by atoms with Crippen LogP contribution in [0.2, 0.25) is 0 Å². The predicted molar refractivity (Wildman–Crippen MR) is 46.1 cm³/mol. The monoisotopic (exact) mass is 288 g/mol. The highest BCUT2D eigenvalue weighted by Gasteiger charge is 2.75. The standard InChI is InChI=1S/C9H12F8O/c1-3-5(8(12,13)14)7(18,9(15,16)17)6(10,11)4-2/h5,18H,3-4H2,1-2H3. The van der Waals surface area contributed by atoms with Crippen molar-refractivity contribution in [2.45, 2.75) is 50.6 Å². The van der Waals surface area contributed by atoms with Crippen LogP contribution < -0.4 is 0 Å². The topological polar surface area (TPSA) is 20.2 Å². The smallest absolute Gasteiger partial charge is 0.375 e. The highest BCUT2D eigenvalue weighted by atomic mass is 19.4. The zero-order valence-electron chi connectivity index (χ0n) is 9.46. The lowest BCUT2D eigenvalue weighted by molar-refractivity contribution is -0.383. The Kier molecular flexibility index (Phi) is 4.66. The molecule has 0 saturated carbocycles. The molecule has 0 radical (unpaired) electrons. The number of alkyl halides is 8. The minimum Gasteiger partial charge on any atom is -0.375 e. The first kappa shape index (κ1) is 17.4. The Morgan fingerprint density at radius 2 is 1.28 bits per heavy atom. The van der Waals surface area contributed by atoms with Crippen LogP contribution in [0.5, 0.6) is 0 Å². The van der Waals surface area contributed by atoms with E-state index in [1.807, 2.05) is 0 Å². The molecule has 110 valence electrons. The molecule has 0 bridgehead atoms. The normalized spacial score (nSPS) is 19.5. The third-order valence-electron chi connectivity index (χ3n) is 2.74. The van der Waals surface area contributed by atoms with Gasteiger partial charge in [-0.25, -0.2) is 8.78 Å². The summed E-state index contributed by atoms with van der Waals surface area (Å²) in [6, 6.07) is 0. The number of rotatable bonds is 4. The van der Waals surface area contributed by atoms with Gasteiger partial charge in [-0.3, -0.25) is 0 Å². The van der Waals surface area contributed by atoms with E-state index in [4.69, 9.17) is 5.11 Å². The Bertz CT molecular complexity index is 281. The van der Waals surface area contributed by atoms with Gasteiger partial charge >= 0.3 is 12.4 Å². The minimum absolute atomic E-state index is 0.569. The van der Waals surface area contributed by atoms with Gasteiger partial charge in [0.25, 0.3) is 5.92 Å². The van der Waals surface area contributed by atoms with E-state index < -0.39 is 42.6 Å². The molecule has 0 aromatic rings. The highest BCUT2D eigenvalue weighted by Crippen LogP contribution is 2.53. The summed E-state index contributed by atoms with van der Waals surface area (Å²) in [5.74, 6) is -8.51. The van der Waals surface area contributed by atoms with E-state index in [1.165, 1.54) is 0 Å². The van der Waals surface area contributed by atoms with E-state index in [0.29, 0.717) is 13.8 Å². The van der Waals surface area contributed by atoms with Crippen molar-refractivity contribution >= 4 is 0 Å². The van der Waals surface area contributed by atoms with E-state index in [9.17, 15) is 35.1 Å². The van der Waals surface area contributed by atoms with Gasteiger partial charge in [0.05, 0.1) is 5.92 Å². The molecule has 2 unspecified atom stereocenters. The zero-order chi connectivity index (χ0) is 15.0. The van der Waals surface area contributed by atoms with Crippen LogP contribution in [-0.2, 0) is 0 Å². The molecule has 0 amide bonds. The van der Waals surface area contributed by atoms with E-state index in [2.05, 4.69) is 0 Å². The summed E-state index contributed by atoms with van der Waals surface area (Å²) in [5.41, 5.74) is -5.12. The summed E-state index contributed by atoms with van der Waals surface area (Å²) in [4.78, 5) is 0. The van der Waals surface area contributed by atoms with Crippen LogP contribution in [0.25, 0.3) is 0 Å². The van der Waals surface area contributed by atoms with Crippen LogP contribution in [0.15, 0.2) is 0 Å². The van der Waals surface area contributed by atoms with Gasteiger partial charge < -0.3 is 5.11 Å². The van der Waals surface area contributed by atoms with Gasteiger partial charge in [0, 0.05) is 6.42 Å². The first-order valence-corrected chi connectivity index (χ1v) is 4.99. The molecule has 0 aliphatic rings. The number of aliphatic hydroxyl groups is 1. The average molecular weight is 288 g/mol. The predicted octanol–water partition coefficient (Wildman–Crippen LogP) is 3.91. The maximum atomic E-state index is 13.2. The summed E-state index contributed by atoms with van der Waals surface area (Å²) in [6.45, 7) is 1.22. The molecule has 18 heavy (non-hydrogen) atoms. The number of hydrogen-bond acceptors (Lipinski definition) is 1. The van der Waals surface area contributed by atoms with E-state index in [1.54, 1.807) is 0 Å². The maximum Gasteiger partial charge on any atom is 0.423 e.